The van der Waals surface area contributed by atoms with Crippen molar-refractivity contribution in [1.29, 1.82) is 5.41 Å². The van der Waals surface area contributed by atoms with Crippen molar-refractivity contribution < 1.29 is 14.7 Å². The third-order valence-electron chi connectivity index (χ3n) is 5.91. The quantitative estimate of drug-likeness (QED) is 0.288. The maximum Gasteiger partial charge on any atom is 0.417 e. The van der Waals surface area contributed by atoms with Crippen LogP contribution in [0, 0.1) is 5.41 Å². The molecule has 1 aliphatic carbocycles. The highest BCUT2D eigenvalue weighted by molar-refractivity contribution is 6.13. The fourth-order valence-corrected chi connectivity index (χ4v) is 4.18. The zero-order chi connectivity index (χ0) is 23.4. The van der Waals surface area contributed by atoms with Gasteiger partial charge in [0.15, 0.2) is 0 Å². The van der Waals surface area contributed by atoms with Crippen molar-refractivity contribution in [3.05, 3.63) is 101 Å². The third kappa shape index (κ3) is 6.39. The SMILES string of the molecule is Cl.Cl.N=C(Cc1ccccc1)N(C(=O)O)c1ccc(CNC(=O)C2(N)Cc3ccccc3C2)cc1. The van der Waals surface area contributed by atoms with Crippen molar-refractivity contribution in [3.63, 3.8) is 0 Å². The molecule has 0 spiro atoms. The normalized spacial score (nSPS) is 12.9. The number of amides is 2. The molecule has 5 N–H and O–H groups in total. The van der Waals surface area contributed by atoms with Crippen LogP contribution in [0.1, 0.15) is 22.3 Å². The summed E-state index contributed by atoms with van der Waals surface area (Å²) >= 11 is 0. The number of carbonyl (C=O) groups excluding carboxylic acids is 1. The van der Waals surface area contributed by atoms with Gasteiger partial charge in [-0.3, -0.25) is 10.2 Å². The smallest absolute Gasteiger partial charge is 0.417 e. The summed E-state index contributed by atoms with van der Waals surface area (Å²) < 4.78 is 0. The Bertz CT molecular complexity index is 1160. The van der Waals surface area contributed by atoms with Crippen LogP contribution in [-0.4, -0.2) is 28.5 Å². The summed E-state index contributed by atoms with van der Waals surface area (Å²) in [4.78, 5) is 25.6. The van der Waals surface area contributed by atoms with E-state index in [9.17, 15) is 14.7 Å². The zero-order valence-electron chi connectivity index (χ0n) is 18.9. The molecule has 3 aromatic carbocycles. The molecule has 0 saturated carbocycles. The number of halogens is 2. The lowest BCUT2D eigenvalue weighted by atomic mass is 9.96. The molecular weight excluding hydrogens is 487 g/mol. The number of amidine groups is 1. The van der Waals surface area contributed by atoms with Gasteiger partial charge in [-0.25, -0.2) is 9.69 Å². The summed E-state index contributed by atoms with van der Waals surface area (Å²) in [7, 11) is 0. The monoisotopic (exact) mass is 514 g/mol. The van der Waals surface area contributed by atoms with E-state index < -0.39 is 11.6 Å². The van der Waals surface area contributed by atoms with E-state index in [0.29, 0.717) is 18.5 Å². The Morgan fingerprint density at radius 2 is 1.43 bits per heavy atom. The van der Waals surface area contributed by atoms with Crippen LogP contribution in [0.25, 0.3) is 0 Å². The minimum atomic E-state index is -1.22. The number of benzene rings is 3. The Morgan fingerprint density at radius 3 is 1.97 bits per heavy atom. The highest BCUT2D eigenvalue weighted by Crippen LogP contribution is 2.28. The minimum absolute atomic E-state index is 0. The van der Waals surface area contributed by atoms with Crippen molar-refractivity contribution in [2.45, 2.75) is 31.3 Å². The molecule has 2 amide bonds. The van der Waals surface area contributed by atoms with Crippen molar-refractivity contribution in [3.8, 4) is 0 Å². The highest BCUT2D eigenvalue weighted by atomic mass is 35.5. The maximum atomic E-state index is 12.8. The van der Waals surface area contributed by atoms with E-state index in [2.05, 4.69) is 5.32 Å². The third-order valence-corrected chi connectivity index (χ3v) is 5.91. The Kier molecular flexibility index (Phi) is 9.42. The van der Waals surface area contributed by atoms with Crippen LogP contribution in [0.5, 0.6) is 0 Å². The Hall–Kier alpha value is -3.39. The average molecular weight is 515 g/mol. The Balaban J connectivity index is 0.00000216. The van der Waals surface area contributed by atoms with E-state index in [1.165, 1.54) is 0 Å². The van der Waals surface area contributed by atoms with E-state index >= 15 is 0 Å². The van der Waals surface area contributed by atoms with E-state index in [0.717, 1.165) is 27.2 Å². The van der Waals surface area contributed by atoms with Gasteiger partial charge in [0.25, 0.3) is 0 Å². The fraction of sp³-hybridized carbons (Fsp3) is 0.192. The van der Waals surface area contributed by atoms with Crippen molar-refractivity contribution in [1.82, 2.24) is 5.32 Å². The number of nitrogens with one attached hydrogen (secondary N) is 2. The number of hydrogen-bond acceptors (Lipinski definition) is 4. The molecular formula is C26H28Cl2N4O3. The van der Waals surface area contributed by atoms with Gasteiger partial charge in [-0.2, -0.15) is 0 Å². The van der Waals surface area contributed by atoms with Crippen LogP contribution in [0.15, 0.2) is 78.9 Å². The molecule has 0 heterocycles. The summed E-state index contributed by atoms with van der Waals surface area (Å²) in [5.74, 6) is -0.250. The first kappa shape index (κ1) is 27.9. The van der Waals surface area contributed by atoms with Crippen molar-refractivity contribution in [2.75, 3.05) is 4.90 Å². The van der Waals surface area contributed by atoms with Gasteiger partial charge in [0.2, 0.25) is 5.91 Å². The first-order valence-corrected chi connectivity index (χ1v) is 10.7. The van der Waals surface area contributed by atoms with Gasteiger partial charge >= 0.3 is 6.09 Å². The van der Waals surface area contributed by atoms with Gasteiger partial charge in [0.1, 0.15) is 11.4 Å². The average Bonchev–Trinajstić information content (AvgIpc) is 3.16. The number of carbonyl (C=O) groups is 2. The van der Waals surface area contributed by atoms with Gasteiger partial charge in [0, 0.05) is 13.0 Å². The summed E-state index contributed by atoms with van der Waals surface area (Å²) in [6.07, 6.45) is -0.00926. The van der Waals surface area contributed by atoms with Crippen LogP contribution < -0.4 is 16.0 Å². The maximum absolute atomic E-state index is 12.8. The van der Waals surface area contributed by atoms with Gasteiger partial charge in [-0.15, -0.1) is 24.8 Å². The second-order valence-corrected chi connectivity index (χ2v) is 8.35. The van der Waals surface area contributed by atoms with Gasteiger partial charge in [-0.1, -0.05) is 66.7 Å². The van der Waals surface area contributed by atoms with E-state index in [1.807, 2.05) is 54.6 Å². The van der Waals surface area contributed by atoms with Crippen LogP contribution in [-0.2, 0) is 30.6 Å². The summed E-state index contributed by atoms with van der Waals surface area (Å²) in [6.45, 7) is 0.281. The van der Waals surface area contributed by atoms with Crippen LogP contribution in [0.3, 0.4) is 0 Å². The number of anilines is 1. The number of rotatable bonds is 6. The van der Waals surface area contributed by atoms with Gasteiger partial charge in [0.05, 0.1) is 5.69 Å². The molecule has 0 radical (unpaired) electrons. The molecule has 35 heavy (non-hydrogen) atoms. The lowest BCUT2D eigenvalue weighted by molar-refractivity contribution is -0.126. The molecule has 7 nitrogen and oxygen atoms in total. The second kappa shape index (κ2) is 11.8. The summed E-state index contributed by atoms with van der Waals surface area (Å²) in [5.41, 5.74) is 9.69. The number of nitrogens with zero attached hydrogens (tertiary/aromatic N) is 1. The molecule has 0 bridgehead atoms. The molecule has 3 aromatic rings. The molecule has 0 aromatic heterocycles. The fourth-order valence-electron chi connectivity index (χ4n) is 4.18. The highest BCUT2D eigenvalue weighted by Gasteiger charge is 2.39. The van der Waals surface area contributed by atoms with Crippen molar-refractivity contribution >= 4 is 48.3 Å². The lowest BCUT2D eigenvalue weighted by Crippen LogP contribution is -2.54. The number of nitrogens with two attached hydrogens (primary N) is 1. The van der Waals surface area contributed by atoms with E-state index in [1.54, 1.807) is 24.3 Å². The van der Waals surface area contributed by atoms with E-state index in [-0.39, 0.29) is 49.5 Å². The zero-order valence-corrected chi connectivity index (χ0v) is 20.6. The standard InChI is InChI=1S/C26H26N4O3.2ClH/c27-23(14-18-6-2-1-3-7-18)30(25(32)33)22-12-10-19(11-13-22)17-29-24(31)26(28)15-20-8-4-5-9-21(20)16-26;;/h1-13,27H,14-17,28H2,(H,29,31)(H,32,33);2*1H. The van der Waals surface area contributed by atoms with Crippen LogP contribution in [0.2, 0.25) is 0 Å². The van der Waals surface area contributed by atoms with E-state index in [4.69, 9.17) is 11.1 Å². The summed E-state index contributed by atoms with van der Waals surface area (Å²) in [6, 6.07) is 23.9. The second-order valence-electron chi connectivity index (χ2n) is 8.35. The Labute approximate surface area is 216 Å². The minimum Gasteiger partial charge on any atom is -0.464 e. The molecule has 0 saturated heterocycles. The molecule has 0 aliphatic heterocycles. The van der Waals surface area contributed by atoms with Crippen molar-refractivity contribution in [2.24, 2.45) is 5.73 Å². The molecule has 1 aliphatic rings. The van der Waals surface area contributed by atoms with Gasteiger partial charge in [-0.05, 0) is 47.2 Å². The topological polar surface area (TPSA) is 120 Å². The molecule has 0 atom stereocenters. The predicted molar refractivity (Wildman–Crippen MR) is 142 cm³/mol. The first-order valence-electron chi connectivity index (χ1n) is 10.7. The Morgan fingerprint density at radius 1 is 0.886 bits per heavy atom. The molecule has 184 valence electrons. The molecule has 4 rings (SSSR count). The predicted octanol–water partition coefficient (Wildman–Crippen LogP) is 4.35. The van der Waals surface area contributed by atoms with Crippen LogP contribution in [0.4, 0.5) is 10.5 Å². The number of fused-ring (bicyclic) bond motifs is 1. The summed E-state index contributed by atoms with van der Waals surface area (Å²) in [5, 5.41) is 20.9. The lowest BCUT2D eigenvalue weighted by Gasteiger charge is -2.23. The van der Waals surface area contributed by atoms with Crippen LogP contribution >= 0.6 is 24.8 Å². The molecule has 9 heteroatoms. The molecule has 0 unspecified atom stereocenters. The number of hydrogen-bond donors (Lipinski definition) is 4. The number of carboxylic acid groups (broad SMARTS) is 1. The largest absolute Gasteiger partial charge is 0.464 e. The molecule has 0 fully saturated rings. The first-order chi connectivity index (χ1) is 15.9. The van der Waals surface area contributed by atoms with Gasteiger partial charge < -0.3 is 16.2 Å².